The van der Waals surface area contributed by atoms with Gasteiger partial charge in [-0.2, -0.15) is 0 Å². The first kappa shape index (κ1) is 19.1. The quantitative estimate of drug-likeness (QED) is 0.259. The van der Waals surface area contributed by atoms with Gasteiger partial charge in [-0.15, -0.1) is 0 Å². The summed E-state index contributed by atoms with van der Waals surface area (Å²) < 4.78 is 2.40. The lowest BCUT2D eigenvalue weighted by Gasteiger charge is -2.21. The molecule has 0 amide bonds. The topological polar surface area (TPSA) is 20.7 Å². The Morgan fingerprint density at radius 3 is 1.97 bits per heavy atom. The molecule has 1 N–H and O–H groups in total. The zero-order valence-electron chi connectivity index (χ0n) is 19.8. The van der Waals surface area contributed by atoms with Crippen molar-refractivity contribution in [1.82, 2.24) is 9.55 Å². The van der Waals surface area contributed by atoms with E-state index in [1.54, 1.807) is 0 Å². The van der Waals surface area contributed by atoms with E-state index in [4.69, 9.17) is 0 Å². The van der Waals surface area contributed by atoms with E-state index in [0.717, 1.165) is 0 Å². The minimum Gasteiger partial charge on any atom is -0.354 e. The summed E-state index contributed by atoms with van der Waals surface area (Å²) in [6.07, 6.45) is 0. The van der Waals surface area contributed by atoms with Crippen molar-refractivity contribution >= 4 is 43.6 Å². The van der Waals surface area contributed by atoms with Crippen LogP contribution in [-0.4, -0.2) is 9.55 Å². The average molecular weight is 449 g/mol. The highest BCUT2D eigenvalue weighted by molar-refractivity contribution is 6.12. The molecule has 166 valence electrons. The van der Waals surface area contributed by atoms with Crippen LogP contribution in [0.4, 0.5) is 0 Å². The molecule has 0 saturated heterocycles. The Kier molecular flexibility index (Phi) is 3.50. The van der Waals surface area contributed by atoms with Gasteiger partial charge >= 0.3 is 0 Å². The molecule has 5 aromatic carbocycles. The molecule has 0 fully saturated rings. The zero-order valence-corrected chi connectivity index (χ0v) is 19.8. The molecular formula is C33H24N2. The van der Waals surface area contributed by atoms with E-state index in [2.05, 4.69) is 127 Å². The molecule has 0 saturated carbocycles. The van der Waals surface area contributed by atoms with E-state index >= 15 is 0 Å². The van der Waals surface area contributed by atoms with Crippen molar-refractivity contribution in [3.8, 4) is 16.8 Å². The summed E-state index contributed by atoms with van der Waals surface area (Å²) in [5.74, 6) is 0. The molecule has 0 spiro atoms. The highest BCUT2D eigenvalue weighted by Crippen LogP contribution is 2.50. The van der Waals surface area contributed by atoms with Crippen LogP contribution in [0.3, 0.4) is 0 Å². The molecular weight excluding hydrogens is 424 g/mol. The third-order valence-corrected chi connectivity index (χ3v) is 8.12. The summed E-state index contributed by atoms with van der Waals surface area (Å²) in [6, 6.07) is 37.9. The first-order chi connectivity index (χ1) is 17.1. The first-order valence-corrected chi connectivity index (χ1v) is 12.3. The molecule has 7 aromatic rings. The maximum Gasteiger partial charge on any atom is 0.0541 e. The average Bonchev–Trinajstić information content (AvgIpc) is 3.49. The molecule has 0 atom stereocenters. The smallest absolute Gasteiger partial charge is 0.0541 e. The van der Waals surface area contributed by atoms with E-state index < -0.39 is 0 Å². The van der Waals surface area contributed by atoms with E-state index in [-0.39, 0.29) is 5.41 Å². The van der Waals surface area contributed by atoms with Crippen LogP contribution in [0.25, 0.3) is 60.4 Å². The number of hydrogen-bond acceptors (Lipinski definition) is 0. The van der Waals surface area contributed by atoms with Gasteiger partial charge in [-0.1, -0.05) is 74.5 Å². The molecule has 2 heterocycles. The second kappa shape index (κ2) is 6.43. The van der Waals surface area contributed by atoms with Gasteiger partial charge in [0.05, 0.1) is 11.0 Å². The lowest BCUT2D eigenvalue weighted by molar-refractivity contribution is 0.661. The number of hydrogen-bond donors (Lipinski definition) is 1. The minimum absolute atomic E-state index is 0.00580. The number of aromatic nitrogens is 2. The van der Waals surface area contributed by atoms with E-state index in [0.29, 0.717) is 0 Å². The predicted octanol–water partition coefficient (Wildman–Crippen LogP) is 8.72. The van der Waals surface area contributed by atoms with Crippen molar-refractivity contribution in [3.05, 3.63) is 114 Å². The lowest BCUT2D eigenvalue weighted by Crippen LogP contribution is -2.14. The van der Waals surface area contributed by atoms with Crippen molar-refractivity contribution in [1.29, 1.82) is 0 Å². The normalized spacial score (nSPS) is 14.2. The maximum atomic E-state index is 3.70. The van der Waals surface area contributed by atoms with E-state index in [1.165, 1.54) is 71.6 Å². The Labute approximate surface area is 203 Å². The zero-order chi connectivity index (χ0) is 23.3. The van der Waals surface area contributed by atoms with Crippen LogP contribution < -0.4 is 0 Å². The monoisotopic (exact) mass is 448 g/mol. The van der Waals surface area contributed by atoms with Gasteiger partial charge in [0.15, 0.2) is 0 Å². The number of fused-ring (bicyclic) bond motifs is 9. The molecule has 2 heteroatoms. The Morgan fingerprint density at radius 1 is 0.543 bits per heavy atom. The number of para-hydroxylation sites is 2. The molecule has 1 aliphatic rings. The number of aromatic amines is 1. The molecule has 0 radical (unpaired) electrons. The summed E-state index contributed by atoms with van der Waals surface area (Å²) >= 11 is 0. The molecule has 2 nitrogen and oxygen atoms in total. The van der Waals surface area contributed by atoms with Gasteiger partial charge in [0.25, 0.3) is 0 Å². The standard InChI is InChI=1S/C33H24N2/c1-33(2)27-12-6-3-9-21(27)24-19-30-26(18-28(24)33)25-17-20(15-16-29(25)34-30)35-31-13-7-4-10-22(31)23-11-5-8-14-32(23)35/h3-19,34H,1-2H3. The largest absolute Gasteiger partial charge is 0.354 e. The summed E-state index contributed by atoms with van der Waals surface area (Å²) in [6.45, 7) is 4.70. The van der Waals surface area contributed by atoms with Crippen LogP contribution in [-0.2, 0) is 5.41 Å². The fourth-order valence-corrected chi connectivity index (χ4v) is 6.42. The number of H-pyrrole nitrogens is 1. The molecule has 35 heavy (non-hydrogen) atoms. The predicted molar refractivity (Wildman–Crippen MR) is 148 cm³/mol. The van der Waals surface area contributed by atoms with Crippen molar-refractivity contribution in [2.45, 2.75) is 19.3 Å². The second-order valence-corrected chi connectivity index (χ2v) is 10.3. The van der Waals surface area contributed by atoms with Gasteiger partial charge in [0.1, 0.15) is 0 Å². The van der Waals surface area contributed by atoms with Gasteiger partial charge in [0.2, 0.25) is 0 Å². The molecule has 0 unspecified atom stereocenters. The van der Waals surface area contributed by atoms with E-state index in [9.17, 15) is 0 Å². The number of nitrogens with one attached hydrogen (secondary N) is 1. The van der Waals surface area contributed by atoms with Crippen molar-refractivity contribution in [2.75, 3.05) is 0 Å². The summed E-state index contributed by atoms with van der Waals surface area (Å²) in [5, 5.41) is 5.15. The first-order valence-electron chi connectivity index (χ1n) is 12.3. The molecule has 8 rings (SSSR count). The van der Waals surface area contributed by atoms with Crippen molar-refractivity contribution < 1.29 is 0 Å². The fourth-order valence-electron chi connectivity index (χ4n) is 6.42. The van der Waals surface area contributed by atoms with Crippen LogP contribution in [0.2, 0.25) is 0 Å². The maximum absolute atomic E-state index is 3.70. The highest BCUT2D eigenvalue weighted by Gasteiger charge is 2.35. The van der Waals surface area contributed by atoms with Crippen molar-refractivity contribution in [2.24, 2.45) is 0 Å². The Hall–Kier alpha value is -4.30. The molecule has 0 aliphatic heterocycles. The third kappa shape index (κ3) is 2.39. The van der Waals surface area contributed by atoms with Crippen LogP contribution in [0, 0.1) is 0 Å². The summed E-state index contributed by atoms with van der Waals surface area (Å²) in [7, 11) is 0. The van der Waals surface area contributed by atoms with Crippen LogP contribution in [0.5, 0.6) is 0 Å². The Morgan fingerprint density at radius 2 is 1.20 bits per heavy atom. The fraction of sp³-hybridized carbons (Fsp3) is 0.0909. The van der Waals surface area contributed by atoms with Crippen LogP contribution in [0.15, 0.2) is 103 Å². The SMILES string of the molecule is CC1(C)c2ccccc2-c2cc3[nH]c4ccc(-n5c6ccccc6c6ccccc65)cc4c3cc21. The number of benzene rings is 5. The highest BCUT2D eigenvalue weighted by atomic mass is 15.0. The van der Waals surface area contributed by atoms with Gasteiger partial charge in [-0.25, -0.2) is 0 Å². The van der Waals surface area contributed by atoms with Crippen molar-refractivity contribution in [3.63, 3.8) is 0 Å². The summed E-state index contributed by atoms with van der Waals surface area (Å²) in [5.41, 5.74) is 11.6. The van der Waals surface area contributed by atoms with Crippen LogP contribution in [0.1, 0.15) is 25.0 Å². The van der Waals surface area contributed by atoms with Gasteiger partial charge in [-0.05, 0) is 64.7 Å². The lowest BCUT2D eigenvalue weighted by atomic mass is 9.82. The van der Waals surface area contributed by atoms with Gasteiger partial charge in [-0.3, -0.25) is 0 Å². The molecule has 2 aromatic heterocycles. The Bertz CT molecular complexity index is 1930. The number of nitrogens with zero attached hydrogens (tertiary/aromatic N) is 1. The van der Waals surface area contributed by atoms with E-state index in [1.807, 2.05) is 0 Å². The number of rotatable bonds is 1. The third-order valence-electron chi connectivity index (χ3n) is 8.12. The molecule has 1 aliphatic carbocycles. The van der Waals surface area contributed by atoms with Crippen LogP contribution >= 0.6 is 0 Å². The summed E-state index contributed by atoms with van der Waals surface area (Å²) in [4.78, 5) is 3.70. The van der Waals surface area contributed by atoms with Gasteiger partial charge in [0, 0.05) is 43.7 Å². The second-order valence-electron chi connectivity index (χ2n) is 10.3. The molecule has 0 bridgehead atoms. The van der Waals surface area contributed by atoms with Gasteiger partial charge < -0.3 is 9.55 Å². The minimum atomic E-state index is -0.00580. The Balaban J connectivity index is 1.42.